The van der Waals surface area contributed by atoms with E-state index in [4.69, 9.17) is 4.99 Å². The molecule has 132 valence electrons. The van der Waals surface area contributed by atoms with Gasteiger partial charge in [0.25, 0.3) is 0 Å². The summed E-state index contributed by atoms with van der Waals surface area (Å²) in [7, 11) is 0. The molecule has 0 radical (unpaired) electrons. The normalized spacial score (nSPS) is 16.9. The summed E-state index contributed by atoms with van der Waals surface area (Å²) in [6, 6.07) is 8.64. The van der Waals surface area contributed by atoms with Crippen LogP contribution in [0.1, 0.15) is 37.8 Å². The van der Waals surface area contributed by atoms with E-state index >= 15 is 0 Å². The molecule has 1 aromatic rings. The second-order valence-electron chi connectivity index (χ2n) is 6.50. The molecule has 1 heterocycles. The molecule has 0 aromatic heterocycles. The van der Waals surface area contributed by atoms with Crippen LogP contribution >= 0.6 is 0 Å². The number of piperazine rings is 1. The van der Waals surface area contributed by atoms with Gasteiger partial charge in [0.1, 0.15) is 0 Å². The number of benzene rings is 1. The van der Waals surface area contributed by atoms with Crippen molar-refractivity contribution in [2.45, 2.75) is 33.6 Å². The van der Waals surface area contributed by atoms with Gasteiger partial charge in [-0.2, -0.15) is 0 Å². The Bertz CT molecular complexity index is 576. The lowest BCUT2D eigenvalue weighted by atomic mass is 10.00. The average molecular weight is 330 g/mol. The minimum Gasteiger partial charge on any atom is -0.357 e. The Morgan fingerprint density at radius 1 is 1.25 bits per heavy atom. The largest absolute Gasteiger partial charge is 0.357 e. The monoisotopic (exact) mass is 330 g/mol. The number of carbonyl (C=O) groups excluding carboxylic acids is 1. The molecule has 0 aliphatic carbocycles. The summed E-state index contributed by atoms with van der Waals surface area (Å²) in [5.74, 6) is 1.50. The highest BCUT2D eigenvalue weighted by atomic mass is 16.2. The van der Waals surface area contributed by atoms with E-state index in [9.17, 15) is 4.79 Å². The second-order valence-corrected chi connectivity index (χ2v) is 6.50. The Balaban J connectivity index is 1.99. The first-order valence-electron chi connectivity index (χ1n) is 8.86. The Morgan fingerprint density at radius 3 is 2.50 bits per heavy atom. The number of rotatable bonds is 4. The number of nitrogens with one attached hydrogen (secondary N) is 1. The number of amides is 1. The first-order valence-corrected chi connectivity index (χ1v) is 8.86. The van der Waals surface area contributed by atoms with Gasteiger partial charge in [0.15, 0.2) is 5.96 Å². The standard InChI is InChI=1S/C19H30N4O/c1-5-20-19(23-11-9-22(10-12-23)17(4)24)21-14-16(3)18-8-6-7-15(2)13-18/h6-8,13,16H,5,9-12,14H2,1-4H3,(H,20,21). The predicted molar refractivity (Wildman–Crippen MR) is 99.4 cm³/mol. The molecule has 24 heavy (non-hydrogen) atoms. The number of hydrogen-bond donors (Lipinski definition) is 1. The summed E-state index contributed by atoms with van der Waals surface area (Å²) < 4.78 is 0. The zero-order valence-corrected chi connectivity index (χ0v) is 15.4. The fourth-order valence-corrected chi connectivity index (χ4v) is 2.96. The van der Waals surface area contributed by atoms with Crippen molar-refractivity contribution in [1.29, 1.82) is 0 Å². The first-order chi connectivity index (χ1) is 11.5. The maximum absolute atomic E-state index is 11.5. The number of carbonyl (C=O) groups is 1. The van der Waals surface area contributed by atoms with E-state index in [1.165, 1.54) is 11.1 Å². The van der Waals surface area contributed by atoms with Crippen LogP contribution in [-0.4, -0.2) is 60.9 Å². The van der Waals surface area contributed by atoms with E-state index in [2.05, 4.69) is 55.3 Å². The summed E-state index contributed by atoms with van der Waals surface area (Å²) in [5, 5.41) is 3.39. The van der Waals surface area contributed by atoms with Crippen LogP contribution in [0.4, 0.5) is 0 Å². The minimum atomic E-state index is 0.157. The molecule has 1 aliphatic heterocycles. The van der Waals surface area contributed by atoms with E-state index in [0.717, 1.165) is 45.2 Å². The van der Waals surface area contributed by atoms with Crippen LogP contribution in [0.25, 0.3) is 0 Å². The summed E-state index contributed by atoms with van der Waals surface area (Å²) in [6.45, 7) is 12.9. The van der Waals surface area contributed by atoms with Gasteiger partial charge in [-0.1, -0.05) is 36.8 Å². The fraction of sp³-hybridized carbons (Fsp3) is 0.579. The summed E-state index contributed by atoms with van der Waals surface area (Å²) in [6.07, 6.45) is 0. The van der Waals surface area contributed by atoms with Crippen LogP contribution in [0, 0.1) is 6.92 Å². The van der Waals surface area contributed by atoms with Gasteiger partial charge in [0.2, 0.25) is 5.91 Å². The number of aliphatic imine (C=N–C) groups is 1. The molecule has 1 unspecified atom stereocenters. The molecule has 0 saturated carbocycles. The highest BCUT2D eigenvalue weighted by Crippen LogP contribution is 2.17. The van der Waals surface area contributed by atoms with Gasteiger partial charge < -0.3 is 15.1 Å². The Kier molecular flexibility index (Phi) is 6.64. The number of hydrogen-bond acceptors (Lipinski definition) is 2. The maximum Gasteiger partial charge on any atom is 0.219 e. The molecule has 0 spiro atoms. The third-order valence-corrected chi connectivity index (χ3v) is 4.49. The van der Waals surface area contributed by atoms with Crippen LogP contribution in [0.15, 0.2) is 29.3 Å². The third-order valence-electron chi connectivity index (χ3n) is 4.49. The van der Waals surface area contributed by atoms with Crippen molar-refractivity contribution in [3.05, 3.63) is 35.4 Å². The Labute approximate surface area is 145 Å². The Hall–Kier alpha value is -2.04. The molecular weight excluding hydrogens is 300 g/mol. The van der Waals surface area contributed by atoms with Crippen molar-refractivity contribution in [3.8, 4) is 0 Å². The molecule has 5 nitrogen and oxygen atoms in total. The van der Waals surface area contributed by atoms with E-state index in [0.29, 0.717) is 5.92 Å². The van der Waals surface area contributed by atoms with Crippen LogP contribution < -0.4 is 5.32 Å². The van der Waals surface area contributed by atoms with Crippen molar-refractivity contribution in [1.82, 2.24) is 15.1 Å². The molecular formula is C19H30N4O. The minimum absolute atomic E-state index is 0.157. The summed E-state index contributed by atoms with van der Waals surface area (Å²) in [5.41, 5.74) is 2.62. The third kappa shape index (κ3) is 4.98. The quantitative estimate of drug-likeness (QED) is 0.680. The molecule has 0 bridgehead atoms. The molecule has 1 amide bonds. The molecule has 1 fully saturated rings. The van der Waals surface area contributed by atoms with E-state index < -0.39 is 0 Å². The summed E-state index contributed by atoms with van der Waals surface area (Å²) >= 11 is 0. The molecule has 1 aromatic carbocycles. The number of aryl methyl sites for hydroxylation is 1. The lowest BCUT2D eigenvalue weighted by molar-refractivity contribution is -0.130. The van der Waals surface area contributed by atoms with Crippen LogP contribution in [0.5, 0.6) is 0 Å². The van der Waals surface area contributed by atoms with Gasteiger partial charge in [-0.25, -0.2) is 0 Å². The topological polar surface area (TPSA) is 47.9 Å². The summed E-state index contributed by atoms with van der Waals surface area (Å²) in [4.78, 5) is 20.5. The van der Waals surface area contributed by atoms with Gasteiger partial charge in [0, 0.05) is 52.1 Å². The maximum atomic E-state index is 11.5. The molecule has 1 aliphatic rings. The first kappa shape index (κ1) is 18.3. The highest BCUT2D eigenvalue weighted by molar-refractivity contribution is 5.80. The van der Waals surface area contributed by atoms with Crippen molar-refractivity contribution >= 4 is 11.9 Å². The van der Waals surface area contributed by atoms with Crippen LogP contribution in [0.2, 0.25) is 0 Å². The predicted octanol–water partition coefficient (Wildman–Crippen LogP) is 2.23. The lowest BCUT2D eigenvalue weighted by Gasteiger charge is -2.36. The second kappa shape index (κ2) is 8.71. The Morgan fingerprint density at radius 2 is 1.92 bits per heavy atom. The fourth-order valence-electron chi connectivity index (χ4n) is 2.96. The molecule has 1 atom stereocenters. The van der Waals surface area contributed by atoms with E-state index in [-0.39, 0.29) is 5.91 Å². The number of guanidine groups is 1. The van der Waals surface area contributed by atoms with Crippen LogP contribution in [-0.2, 0) is 4.79 Å². The smallest absolute Gasteiger partial charge is 0.219 e. The van der Waals surface area contributed by atoms with Crippen molar-refractivity contribution in [3.63, 3.8) is 0 Å². The molecule has 1 saturated heterocycles. The van der Waals surface area contributed by atoms with Gasteiger partial charge in [0.05, 0.1) is 0 Å². The van der Waals surface area contributed by atoms with E-state index in [1.54, 1.807) is 6.92 Å². The van der Waals surface area contributed by atoms with Gasteiger partial charge in [-0.15, -0.1) is 0 Å². The highest BCUT2D eigenvalue weighted by Gasteiger charge is 2.21. The molecule has 2 rings (SSSR count). The number of nitrogens with zero attached hydrogens (tertiary/aromatic N) is 3. The average Bonchev–Trinajstić information content (AvgIpc) is 2.58. The SMILES string of the molecule is CCNC(=NCC(C)c1cccc(C)c1)N1CCN(C(C)=O)CC1. The zero-order valence-electron chi connectivity index (χ0n) is 15.4. The lowest BCUT2D eigenvalue weighted by Crippen LogP contribution is -2.53. The molecule has 1 N–H and O–H groups in total. The van der Waals surface area contributed by atoms with E-state index in [1.807, 2.05) is 4.90 Å². The van der Waals surface area contributed by atoms with Gasteiger partial charge in [-0.3, -0.25) is 9.79 Å². The van der Waals surface area contributed by atoms with Crippen molar-refractivity contribution in [2.75, 3.05) is 39.3 Å². The zero-order chi connectivity index (χ0) is 17.5. The van der Waals surface area contributed by atoms with Gasteiger partial charge >= 0.3 is 0 Å². The van der Waals surface area contributed by atoms with Crippen molar-refractivity contribution in [2.24, 2.45) is 4.99 Å². The molecule has 5 heteroatoms. The van der Waals surface area contributed by atoms with Crippen molar-refractivity contribution < 1.29 is 4.79 Å². The van der Waals surface area contributed by atoms with Gasteiger partial charge in [-0.05, 0) is 19.4 Å². The van der Waals surface area contributed by atoms with Crippen LogP contribution in [0.3, 0.4) is 0 Å².